The number of carbonyl (C=O) groups excluding carboxylic acids is 2. The maximum absolute atomic E-state index is 12.6. The molecule has 0 spiro atoms. The van der Waals surface area contributed by atoms with Crippen LogP contribution in [0.5, 0.6) is 0 Å². The molecule has 2 aliphatic heterocycles. The second kappa shape index (κ2) is 6.56. The third-order valence-corrected chi connectivity index (χ3v) is 6.29. The highest BCUT2D eigenvalue weighted by molar-refractivity contribution is 8.01. The minimum atomic E-state index is -0.347. The molecule has 0 unspecified atom stereocenters. The van der Waals surface area contributed by atoms with Crippen LogP contribution in [-0.2, 0) is 16.0 Å². The standard InChI is InChI=1S/C18H24N2O2S/c1-3-4-5-13-6-8-14(9-7-13)19-17(22)15-12-23-18(2)11-10-16(21)20(15)18/h6-9,15H,3-5,10-12H2,1-2H3,(H,19,22)/t15-,18-/m1/s1. The Morgan fingerprint density at radius 1 is 1.39 bits per heavy atom. The summed E-state index contributed by atoms with van der Waals surface area (Å²) in [5, 5.41) is 2.97. The summed E-state index contributed by atoms with van der Waals surface area (Å²) < 4.78 is 0. The first-order chi connectivity index (χ1) is 11.0. The molecule has 3 rings (SSSR count). The molecular formula is C18H24N2O2S. The fourth-order valence-electron chi connectivity index (χ4n) is 3.38. The van der Waals surface area contributed by atoms with Gasteiger partial charge in [0.1, 0.15) is 6.04 Å². The van der Waals surface area contributed by atoms with Crippen LogP contribution in [0.25, 0.3) is 0 Å². The molecule has 2 atom stereocenters. The molecule has 0 radical (unpaired) electrons. The molecule has 2 amide bonds. The van der Waals surface area contributed by atoms with E-state index in [1.807, 2.05) is 12.1 Å². The van der Waals surface area contributed by atoms with Crippen molar-refractivity contribution < 1.29 is 9.59 Å². The van der Waals surface area contributed by atoms with E-state index >= 15 is 0 Å². The van der Waals surface area contributed by atoms with E-state index in [-0.39, 0.29) is 22.7 Å². The van der Waals surface area contributed by atoms with Crippen molar-refractivity contribution in [1.82, 2.24) is 4.90 Å². The molecule has 1 N–H and O–H groups in total. The Morgan fingerprint density at radius 3 is 2.83 bits per heavy atom. The summed E-state index contributed by atoms with van der Waals surface area (Å²) in [5.41, 5.74) is 2.10. The number of unbranched alkanes of at least 4 members (excludes halogenated alkanes) is 1. The van der Waals surface area contributed by atoms with Gasteiger partial charge in [-0.3, -0.25) is 9.59 Å². The molecule has 2 saturated heterocycles. The topological polar surface area (TPSA) is 49.4 Å². The average Bonchev–Trinajstić information content (AvgIpc) is 3.03. The lowest BCUT2D eigenvalue weighted by molar-refractivity contribution is -0.135. The van der Waals surface area contributed by atoms with Crippen LogP contribution in [0.3, 0.4) is 0 Å². The van der Waals surface area contributed by atoms with Gasteiger partial charge >= 0.3 is 0 Å². The number of anilines is 1. The van der Waals surface area contributed by atoms with E-state index in [0.29, 0.717) is 12.2 Å². The van der Waals surface area contributed by atoms with E-state index in [0.717, 1.165) is 18.5 Å². The lowest BCUT2D eigenvalue weighted by atomic mass is 10.1. The van der Waals surface area contributed by atoms with Crippen molar-refractivity contribution in [3.8, 4) is 0 Å². The summed E-state index contributed by atoms with van der Waals surface area (Å²) in [5.74, 6) is 0.716. The largest absolute Gasteiger partial charge is 0.324 e. The van der Waals surface area contributed by atoms with Crippen LogP contribution in [-0.4, -0.2) is 33.4 Å². The number of nitrogens with one attached hydrogen (secondary N) is 1. The van der Waals surface area contributed by atoms with Gasteiger partial charge < -0.3 is 10.2 Å². The summed E-state index contributed by atoms with van der Waals surface area (Å²) >= 11 is 1.72. The van der Waals surface area contributed by atoms with Gasteiger partial charge in [-0.1, -0.05) is 25.5 Å². The van der Waals surface area contributed by atoms with Crippen LogP contribution in [0.15, 0.2) is 24.3 Å². The van der Waals surface area contributed by atoms with Crippen LogP contribution in [0, 0.1) is 0 Å². The Kier molecular flexibility index (Phi) is 4.67. The van der Waals surface area contributed by atoms with Crippen molar-refractivity contribution in [1.29, 1.82) is 0 Å². The van der Waals surface area contributed by atoms with Gasteiger partial charge in [-0.2, -0.15) is 0 Å². The van der Waals surface area contributed by atoms with Crippen LogP contribution in [0.4, 0.5) is 5.69 Å². The van der Waals surface area contributed by atoms with Crippen molar-refractivity contribution in [2.24, 2.45) is 0 Å². The molecule has 4 nitrogen and oxygen atoms in total. The first-order valence-electron chi connectivity index (χ1n) is 8.39. The molecule has 2 aliphatic rings. The number of nitrogens with zero attached hydrogens (tertiary/aromatic N) is 1. The zero-order chi connectivity index (χ0) is 16.4. The SMILES string of the molecule is CCCCc1ccc(NC(=O)[C@H]2CS[C@]3(C)CCC(=O)N23)cc1. The molecular weight excluding hydrogens is 308 g/mol. The zero-order valence-corrected chi connectivity index (χ0v) is 14.6. The highest BCUT2D eigenvalue weighted by Gasteiger charge is 2.52. The van der Waals surface area contributed by atoms with Crippen LogP contribution in [0.2, 0.25) is 0 Å². The number of carbonyl (C=O) groups is 2. The number of hydrogen-bond donors (Lipinski definition) is 1. The molecule has 0 aliphatic carbocycles. The van der Waals surface area contributed by atoms with Crippen LogP contribution in [0.1, 0.15) is 45.1 Å². The lowest BCUT2D eigenvalue weighted by Gasteiger charge is -2.29. The summed E-state index contributed by atoms with van der Waals surface area (Å²) in [6.07, 6.45) is 4.83. The van der Waals surface area contributed by atoms with Crippen molar-refractivity contribution >= 4 is 29.3 Å². The number of fused-ring (bicyclic) bond motifs is 1. The van der Waals surface area contributed by atoms with Crippen molar-refractivity contribution in [3.05, 3.63) is 29.8 Å². The van der Waals surface area contributed by atoms with Gasteiger partial charge in [0, 0.05) is 17.9 Å². The maximum atomic E-state index is 12.6. The zero-order valence-electron chi connectivity index (χ0n) is 13.8. The number of amides is 2. The van der Waals surface area contributed by atoms with Gasteiger partial charge in [-0.05, 0) is 43.9 Å². The van der Waals surface area contributed by atoms with E-state index in [9.17, 15) is 9.59 Å². The highest BCUT2D eigenvalue weighted by atomic mass is 32.2. The second-order valence-electron chi connectivity index (χ2n) is 6.56. The summed E-state index contributed by atoms with van der Waals surface area (Å²) in [6.45, 7) is 4.25. The molecule has 5 heteroatoms. The lowest BCUT2D eigenvalue weighted by Crippen LogP contribution is -2.48. The summed E-state index contributed by atoms with van der Waals surface area (Å²) in [6, 6.07) is 7.70. The predicted molar refractivity (Wildman–Crippen MR) is 94.4 cm³/mol. The fraction of sp³-hybridized carbons (Fsp3) is 0.556. The number of rotatable bonds is 5. The number of benzene rings is 1. The minimum absolute atomic E-state index is 0.0715. The molecule has 2 fully saturated rings. The molecule has 23 heavy (non-hydrogen) atoms. The van der Waals surface area contributed by atoms with Crippen LogP contribution >= 0.6 is 11.8 Å². The Balaban J connectivity index is 1.64. The Bertz CT molecular complexity index is 602. The number of thioether (sulfide) groups is 1. The first kappa shape index (κ1) is 16.4. The number of aryl methyl sites for hydroxylation is 1. The fourth-order valence-corrected chi connectivity index (χ4v) is 4.81. The minimum Gasteiger partial charge on any atom is -0.324 e. The monoisotopic (exact) mass is 332 g/mol. The van der Waals surface area contributed by atoms with Gasteiger partial charge in [0.2, 0.25) is 11.8 Å². The van der Waals surface area contributed by atoms with E-state index < -0.39 is 0 Å². The normalized spacial score (nSPS) is 26.4. The molecule has 0 aromatic heterocycles. The maximum Gasteiger partial charge on any atom is 0.248 e. The van der Waals surface area contributed by atoms with Crippen molar-refractivity contribution in [2.75, 3.05) is 11.1 Å². The molecule has 0 bridgehead atoms. The summed E-state index contributed by atoms with van der Waals surface area (Å²) in [7, 11) is 0. The number of hydrogen-bond acceptors (Lipinski definition) is 3. The van der Waals surface area contributed by atoms with Gasteiger partial charge in [0.15, 0.2) is 0 Å². The van der Waals surface area contributed by atoms with Crippen molar-refractivity contribution in [3.63, 3.8) is 0 Å². The van der Waals surface area contributed by atoms with Gasteiger partial charge in [0.05, 0.1) is 4.87 Å². The van der Waals surface area contributed by atoms with Crippen LogP contribution < -0.4 is 5.32 Å². The van der Waals surface area contributed by atoms with Gasteiger partial charge in [0.25, 0.3) is 0 Å². The van der Waals surface area contributed by atoms with E-state index in [2.05, 4.69) is 31.3 Å². The third-order valence-electron chi connectivity index (χ3n) is 4.79. The smallest absolute Gasteiger partial charge is 0.248 e. The van der Waals surface area contributed by atoms with Crippen molar-refractivity contribution in [2.45, 2.75) is 56.9 Å². The predicted octanol–water partition coefficient (Wildman–Crippen LogP) is 3.42. The quantitative estimate of drug-likeness (QED) is 0.899. The van der Waals surface area contributed by atoms with E-state index in [1.165, 1.54) is 18.4 Å². The second-order valence-corrected chi connectivity index (χ2v) is 8.06. The molecule has 1 aromatic carbocycles. The Labute approximate surface area is 142 Å². The Morgan fingerprint density at radius 2 is 2.13 bits per heavy atom. The summed E-state index contributed by atoms with van der Waals surface area (Å²) in [4.78, 5) is 26.3. The van der Waals surface area contributed by atoms with Gasteiger partial charge in [-0.15, -0.1) is 11.8 Å². The first-order valence-corrected chi connectivity index (χ1v) is 9.38. The molecule has 124 valence electrons. The van der Waals surface area contributed by atoms with Gasteiger partial charge in [-0.25, -0.2) is 0 Å². The average molecular weight is 332 g/mol. The molecule has 2 heterocycles. The third kappa shape index (κ3) is 3.25. The van der Waals surface area contributed by atoms with E-state index in [4.69, 9.17) is 0 Å². The highest BCUT2D eigenvalue weighted by Crippen LogP contribution is 2.47. The molecule has 1 aromatic rings. The molecule has 0 saturated carbocycles. The van der Waals surface area contributed by atoms with E-state index in [1.54, 1.807) is 16.7 Å². The Hall–Kier alpha value is -1.49.